The minimum absolute atomic E-state index is 0.112. The van der Waals surface area contributed by atoms with Gasteiger partial charge in [0.1, 0.15) is 5.65 Å². The van der Waals surface area contributed by atoms with Crippen LogP contribution in [0.25, 0.3) is 33.4 Å². The Hall–Kier alpha value is -3.14. The molecule has 0 saturated carbocycles. The molecule has 0 spiro atoms. The summed E-state index contributed by atoms with van der Waals surface area (Å²) in [5.74, 6) is 0. The average molecular weight is 301 g/mol. The molecule has 0 radical (unpaired) electrons. The number of H-pyrrole nitrogens is 2. The zero-order valence-electron chi connectivity index (χ0n) is 12.6. The maximum absolute atomic E-state index is 12.1. The number of rotatable bonds is 2. The fourth-order valence-electron chi connectivity index (χ4n) is 2.91. The van der Waals surface area contributed by atoms with Crippen molar-refractivity contribution in [3.05, 3.63) is 76.8 Å². The van der Waals surface area contributed by atoms with Gasteiger partial charge in [-0.05, 0) is 36.2 Å². The minimum atomic E-state index is -0.112. The van der Waals surface area contributed by atoms with E-state index in [2.05, 4.69) is 15.0 Å². The molecule has 3 heterocycles. The van der Waals surface area contributed by atoms with Crippen LogP contribution in [-0.2, 0) is 0 Å². The molecule has 0 bridgehead atoms. The van der Waals surface area contributed by atoms with Gasteiger partial charge in [0.2, 0.25) is 5.56 Å². The van der Waals surface area contributed by atoms with Gasteiger partial charge in [-0.3, -0.25) is 4.79 Å². The number of aromatic amines is 2. The number of aromatic nitrogens is 3. The first-order chi connectivity index (χ1) is 11.2. The summed E-state index contributed by atoms with van der Waals surface area (Å²) in [6.45, 7) is 2.04. The first-order valence-electron chi connectivity index (χ1n) is 7.45. The molecule has 0 unspecified atom stereocenters. The number of aryl methyl sites for hydroxylation is 1. The van der Waals surface area contributed by atoms with Gasteiger partial charge in [0.25, 0.3) is 0 Å². The second-order valence-corrected chi connectivity index (χ2v) is 5.56. The average Bonchev–Trinajstić information content (AvgIpc) is 2.99. The van der Waals surface area contributed by atoms with Crippen molar-refractivity contribution in [3.8, 4) is 22.4 Å². The van der Waals surface area contributed by atoms with E-state index in [9.17, 15) is 4.79 Å². The molecule has 3 aromatic heterocycles. The Morgan fingerprint density at radius 1 is 1.00 bits per heavy atom. The number of fused-ring (bicyclic) bond motifs is 1. The van der Waals surface area contributed by atoms with Gasteiger partial charge in [-0.15, -0.1) is 0 Å². The first-order valence-corrected chi connectivity index (χ1v) is 7.45. The predicted octanol–water partition coefficient (Wildman–Crippen LogP) is 3.89. The van der Waals surface area contributed by atoms with Crippen molar-refractivity contribution >= 4 is 11.0 Å². The molecule has 0 amide bonds. The van der Waals surface area contributed by atoms with Gasteiger partial charge >= 0.3 is 0 Å². The van der Waals surface area contributed by atoms with Gasteiger partial charge in [0.15, 0.2) is 0 Å². The van der Waals surface area contributed by atoms with E-state index in [1.165, 1.54) is 0 Å². The number of nitrogens with one attached hydrogen (secondary N) is 2. The maximum Gasteiger partial charge on any atom is 0.249 e. The van der Waals surface area contributed by atoms with Crippen LogP contribution >= 0.6 is 0 Å². The Labute approximate surface area is 132 Å². The quantitative estimate of drug-likeness (QED) is 0.590. The molecular formula is C19H15N3O. The lowest BCUT2D eigenvalue weighted by Crippen LogP contribution is -2.06. The standard InChI is InChI=1S/C19H15N3O/c1-12-5-2-3-6-14(12)17-9-13(10-18(23)22-17)16-11-21-19-15(16)7-4-8-20-19/h2-11H,1H3,(H,20,21)(H,22,23). The van der Waals surface area contributed by atoms with E-state index in [-0.39, 0.29) is 5.56 Å². The van der Waals surface area contributed by atoms with Crippen LogP contribution in [0.5, 0.6) is 0 Å². The van der Waals surface area contributed by atoms with Crippen LogP contribution in [0.3, 0.4) is 0 Å². The Balaban J connectivity index is 1.94. The van der Waals surface area contributed by atoms with Crippen molar-refractivity contribution < 1.29 is 0 Å². The third-order valence-corrected chi connectivity index (χ3v) is 4.04. The molecule has 0 aliphatic heterocycles. The highest BCUT2D eigenvalue weighted by Crippen LogP contribution is 2.29. The Kier molecular flexibility index (Phi) is 3.08. The molecule has 0 fully saturated rings. The molecule has 0 aliphatic rings. The third kappa shape index (κ3) is 2.34. The van der Waals surface area contributed by atoms with E-state index in [1.807, 2.05) is 55.6 Å². The summed E-state index contributed by atoms with van der Waals surface area (Å²) in [6, 6.07) is 15.6. The van der Waals surface area contributed by atoms with E-state index in [0.29, 0.717) is 0 Å². The van der Waals surface area contributed by atoms with Gasteiger partial charge in [-0.1, -0.05) is 24.3 Å². The summed E-state index contributed by atoms with van der Waals surface area (Å²) in [4.78, 5) is 22.5. The van der Waals surface area contributed by atoms with Gasteiger partial charge in [0, 0.05) is 40.7 Å². The summed E-state index contributed by atoms with van der Waals surface area (Å²) in [6.07, 6.45) is 3.65. The summed E-state index contributed by atoms with van der Waals surface area (Å²) >= 11 is 0. The van der Waals surface area contributed by atoms with E-state index in [0.717, 1.165) is 39.0 Å². The van der Waals surface area contributed by atoms with Gasteiger partial charge in [-0.25, -0.2) is 4.98 Å². The van der Waals surface area contributed by atoms with Crippen LogP contribution in [0, 0.1) is 6.92 Å². The number of hydrogen-bond acceptors (Lipinski definition) is 2. The Morgan fingerprint density at radius 3 is 2.74 bits per heavy atom. The molecule has 0 aliphatic carbocycles. The molecular weight excluding hydrogens is 286 g/mol. The summed E-state index contributed by atoms with van der Waals surface area (Å²) in [7, 11) is 0. The van der Waals surface area contributed by atoms with Crippen molar-refractivity contribution in [1.29, 1.82) is 0 Å². The SMILES string of the molecule is Cc1ccccc1-c1cc(-c2c[nH]c3ncccc23)cc(=O)[nH]1. The smallest absolute Gasteiger partial charge is 0.249 e. The summed E-state index contributed by atoms with van der Waals surface area (Å²) in [5.41, 5.74) is 5.55. The largest absolute Gasteiger partial charge is 0.346 e. The second-order valence-electron chi connectivity index (χ2n) is 5.56. The van der Waals surface area contributed by atoms with Crippen molar-refractivity contribution in [2.24, 2.45) is 0 Å². The number of hydrogen-bond donors (Lipinski definition) is 2. The van der Waals surface area contributed by atoms with E-state index < -0.39 is 0 Å². The highest BCUT2D eigenvalue weighted by molar-refractivity contribution is 5.94. The highest BCUT2D eigenvalue weighted by Gasteiger charge is 2.10. The van der Waals surface area contributed by atoms with E-state index in [4.69, 9.17) is 0 Å². The van der Waals surface area contributed by atoms with Gasteiger partial charge in [0.05, 0.1) is 0 Å². The Bertz CT molecular complexity index is 1060. The maximum atomic E-state index is 12.1. The Morgan fingerprint density at radius 2 is 1.87 bits per heavy atom. The van der Waals surface area contributed by atoms with E-state index in [1.54, 1.807) is 12.3 Å². The molecule has 1 aromatic carbocycles. The van der Waals surface area contributed by atoms with Crippen molar-refractivity contribution in [2.75, 3.05) is 0 Å². The topological polar surface area (TPSA) is 61.5 Å². The van der Waals surface area contributed by atoms with E-state index >= 15 is 0 Å². The summed E-state index contributed by atoms with van der Waals surface area (Å²) in [5, 5.41) is 1.01. The van der Waals surface area contributed by atoms with Crippen LogP contribution in [0.2, 0.25) is 0 Å². The molecule has 4 nitrogen and oxygen atoms in total. The minimum Gasteiger partial charge on any atom is -0.346 e. The fraction of sp³-hybridized carbons (Fsp3) is 0.0526. The predicted molar refractivity (Wildman–Crippen MR) is 92.3 cm³/mol. The lowest BCUT2D eigenvalue weighted by molar-refractivity contribution is 1.23. The molecule has 4 rings (SSSR count). The highest BCUT2D eigenvalue weighted by atomic mass is 16.1. The van der Waals surface area contributed by atoms with Crippen LogP contribution in [0.4, 0.5) is 0 Å². The van der Waals surface area contributed by atoms with Crippen molar-refractivity contribution in [2.45, 2.75) is 6.92 Å². The fourth-order valence-corrected chi connectivity index (χ4v) is 2.91. The normalized spacial score (nSPS) is 11.0. The zero-order chi connectivity index (χ0) is 15.8. The molecule has 4 heteroatoms. The van der Waals surface area contributed by atoms with Crippen LogP contribution in [-0.4, -0.2) is 15.0 Å². The number of nitrogens with zero attached hydrogens (tertiary/aromatic N) is 1. The van der Waals surface area contributed by atoms with Crippen LogP contribution < -0.4 is 5.56 Å². The summed E-state index contributed by atoms with van der Waals surface area (Å²) < 4.78 is 0. The van der Waals surface area contributed by atoms with Crippen LogP contribution in [0.1, 0.15) is 5.56 Å². The molecule has 23 heavy (non-hydrogen) atoms. The zero-order valence-corrected chi connectivity index (χ0v) is 12.6. The first kappa shape index (κ1) is 13.5. The third-order valence-electron chi connectivity index (χ3n) is 4.04. The lowest BCUT2D eigenvalue weighted by atomic mass is 10.0. The van der Waals surface area contributed by atoms with Crippen molar-refractivity contribution in [3.63, 3.8) is 0 Å². The number of pyridine rings is 2. The molecule has 2 N–H and O–H groups in total. The molecule has 0 saturated heterocycles. The van der Waals surface area contributed by atoms with Gasteiger partial charge < -0.3 is 9.97 Å². The lowest BCUT2D eigenvalue weighted by Gasteiger charge is -2.07. The van der Waals surface area contributed by atoms with Gasteiger partial charge in [-0.2, -0.15) is 0 Å². The molecule has 112 valence electrons. The monoisotopic (exact) mass is 301 g/mol. The molecule has 0 atom stereocenters. The molecule has 4 aromatic rings. The number of benzene rings is 1. The second kappa shape index (κ2) is 5.25. The van der Waals surface area contributed by atoms with Crippen molar-refractivity contribution in [1.82, 2.24) is 15.0 Å². The van der Waals surface area contributed by atoms with Crippen LogP contribution in [0.15, 0.2) is 65.7 Å².